The summed E-state index contributed by atoms with van der Waals surface area (Å²) in [6.45, 7) is 7.12. The maximum Gasteiger partial charge on any atom is 0.325 e. The van der Waals surface area contributed by atoms with E-state index in [0.29, 0.717) is 19.6 Å². The van der Waals surface area contributed by atoms with Crippen LogP contribution in [-0.4, -0.2) is 42.9 Å². The molecule has 2 saturated heterocycles. The zero-order valence-electron chi connectivity index (χ0n) is 13.7. The first-order valence-corrected chi connectivity index (χ1v) is 7.87. The van der Waals surface area contributed by atoms with Crippen molar-refractivity contribution < 1.29 is 19.1 Å². The van der Waals surface area contributed by atoms with Crippen molar-refractivity contribution in [3.05, 3.63) is 34.9 Å². The molecule has 1 N–H and O–H groups in total. The van der Waals surface area contributed by atoms with Gasteiger partial charge in [-0.05, 0) is 31.9 Å². The van der Waals surface area contributed by atoms with Crippen LogP contribution in [0.3, 0.4) is 0 Å². The fourth-order valence-electron chi connectivity index (χ4n) is 3.27. The van der Waals surface area contributed by atoms with Gasteiger partial charge in [0.05, 0.1) is 13.2 Å². The first kappa shape index (κ1) is 16.0. The van der Waals surface area contributed by atoms with E-state index in [0.717, 1.165) is 16.7 Å². The number of amides is 3. The normalized spacial score (nSPS) is 25.3. The van der Waals surface area contributed by atoms with Crippen LogP contribution in [0.5, 0.6) is 0 Å². The van der Waals surface area contributed by atoms with Gasteiger partial charge in [0.15, 0.2) is 6.29 Å². The fraction of sp³-hybridized carbons (Fsp3) is 0.529. The molecule has 1 aromatic carbocycles. The number of hydrogen-bond donors (Lipinski definition) is 1. The summed E-state index contributed by atoms with van der Waals surface area (Å²) in [5.41, 5.74) is 1.92. The Balaban J connectivity index is 1.78. The van der Waals surface area contributed by atoms with E-state index in [2.05, 4.69) is 5.32 Å². The molecule has 0 aromatic heterocycles. The van der Waals surface area contributed by atoms with Crippen LogP contribution in [0.2, 0.25) is 0 Å². The number of nitrogens with one attached hydrogen (secondary N) is 1. The van der Waals surface area contributed by atoms with E-state index >= 15 is 0 Å². The molecule has 23 heavy (non-hydrogen) atoms. The zero-order chi connectivity index (χ0) is 16.6. The van der Waals surface area contributed by atoms with Gasteiger partial charge in [-0.25, -0.2) is 4.79 Å². The highest BCUT2D eigenvalue weighted by Crippen LogP contribution is 2.31. The second-order valence-electron chi connectivity index (χ2n) is 6.29. The molecule has 0 saturated carbocycles. The Morgan fingerprint density at radius 3 is 2.61 bits per heavy atom. The number of imide groups is 1. The third-order valence-corrected chi connectivity index (χ3v) is 4.47. The lowest BCUT2D eigenvalue weighted by Gasteiger charge is -2.24. The number of urea groups is 1. The van der Waals surface area contributed by atoms with Gasteiger partial charge in [-0.2, -0.15) is 0 Å². The summed E-state index contributed by atoms with van der Waals surface area (Å²) in [7, 11) is 0. The number of carbonyl (C=O) groups excluding carboxylic acids is 2. The Bertz CT molecular complexity index is 639. The van der Waals surface area contributed by atoms with E-state index in [1.807, 2.05) is 32.0 Å². The van der Waals surface area contributed by atoms with Crippen LogP contribution >= 0.6 is 0 Å². The molecule has 0 radical (unpaired) electrons. The third kappa shape index (κ3) is 2.84. The average Bonchev–Trinajstić information content (AvgIpc) is 3.06. The molecule has 2 aliphatic rings. The van der Waals surface area contributed by atoms with E-state index in [1.165, 1.54) is 4.90 Å². The maximum atomic E-state index is 12.8. The minimum atomic E-state index is -1.02. The number of hydrogen-bond acceptors (Lipinski definition) is 4. The lowest BCUT2D eigenvalue weighted by atomic mass is 9.87. The third-order valence-electron chi connectivity index (χ3n) is 4.47. The highest BCUT2D eigenvalue weighted by atomic mass is 16.7. The minimum Gasteiger partial charge on any atom is -0.350 e. The molecule has 6 heteroatoms. The Morgan fingerprint density at radius 2 is 1.96 bits per heavy atom. The first-order chi connectivity index (χ1) is 10.9. The average molecular weight is 318 g/mol. The van der Waals surface area contributed by atoms with Crippen molar-refractivity contribution >= 4 is 11.9 Å². The Labute approximate surface area is 135 Å². The minimum absolute atomic E-state index is 0.229. The summed E-state index contributed by atoms with van der Waals surface area (Å²) < 4.78 is 10.7. The van der Waals surface area contributed by atoms with Gasteiger partial charge in [0.25, 0.3) is 5.91 Å². The molecule has 2 heterocycles. The largest absolute Gasteiger partial charge is 0.350 e. The van der Waals surface area contributed by atoms with Crippen molar-refractivity contribution in [3.63, 3.8) is 0 Å². The van der Waals surface area contributed by atoms with Gasteiger partial charge in [-0.1, -0.05) is 23.8 Å². The zero-order valence-corrected chi connectivity index (χ0v) is 13.7. The summed E-state index contributed by atoms with van der Waals surface area (Å²) in [6.07, 6.45) is 0.158. The maximum absolute atomic E-state index is 12.8. The Hall–Kier alpha value is -1.92. The summed E-state index contributed by atoms with van der Waals surface area (Å²) in [4.78, 5) is 26.4. The molecule has 124 valence electrons. The molecule has 0 spiro atoms. The monoisotopic (exact) mass is 318 g/mol. The van der Waals surface area contributed by atoms with Crippen LogP contribution in [-0.2, 0) is 19.8 Å². The topological polar surface area (TPSA) is 67.9 Å². The number of rotatable bonds is 4. The highest BCUT2D eigenvalue weighted by Gasteiger charge is 2.49. The number of nitrogens with zero attached hydrogens (tertiary/aromatic N) is 1. The molecule has 2 fully saturated rings. The predicted molar refractivity (Wildman–Crippen MR) is 83.8 cm³/mol. The molecular weight excluding hydrogens is 296 g/mol. The van der Waals surface area contributed by atoms with E-state index in [1.54, 1.807) is 6.92 Å². The van der Waals surface area contributed by atoms with Gasteiger partial charge in [-0.15, -0.1) is 0 Å². The second-order valence-corrected chi connectivity index (χ2v) is 6.29. The summed E-state index contributed by atoms with van der Waals surface area (Å²) in [5, 5.41) is 2.84. The molecule has 3 rings (SSSR count). The van der Waals surface area contributed by atoms with Gasteiger partial charge >= 0.3 is 6.03 Å². The molecule has 0 unspecified atom stereocenters. The van der Waals surface area contributed by atoms with Gasteiger partial charge in [-0.3, -0.25) is 9.69 Å². The molecule has 2 aliphatic heterocycles. The van der Waals surface area contributed by atoms with E-state index in [4.69, 9.17) is 9.47 Å². The van der Waals surface area contributed by atoms with Crippen LogP contribution in [0.25, 0.3) is 0 Å². The molecular formula is C17H22N2O4. The fourth-order valence-corrected chi connectivity index (χ4v) is 3.27. The molecule has 1 aromatic rings. The highest BCUT2D eigenvalue weighted by molar-refractivity contribution is 6.07. The van der Waals surface area contributed by atoms with Crippen LogP contribution in [0, 0.1) is 13.8 Å². The standard InChI is InChI=1S/C17H22N2O4/c1-11-4-5-13(12(2)10-11)17(3)15(20)19(16(21)18-17)7-6-14-22-8-9-23-14/h4-5,10,14H,6-9H2,1-3H3,(H,18,21)/t17-/m0/s1. The van der Waals surface area contributed by atoms with Crippen LogP contribution in [0.1, 0.15) is 30.0 Å². The first-order valence-electron chi connectivity index (χ1n) is 7.87. The van der Waals surface area contributed by atoms with Crippen molar-refractivity contribution in [2.75, 3.05) is 19.8 Å². The van der Waals surface area contributed by atoms with Crippen LogP contribution in [0.15, 0.2) is 18.2 Å². The van der Waals surface area contributed by atoms with E-state index in [-0.39, 0.29) is 24.8 Å². The second kappa shape index (κ2) is 5.94. The van der Waals surface area contributed by atoms with Gasteiger partial charge < -0.3 is 14.8 Å². The summed E-state index contributed by atoms with van der Waals surface area (Å²) >= 11 is 0. The van der Waals surface area contributed by atoms with E-state index < -0.39 is 5.54 Å². The predicted octanol–water partition coefficient (Wildman–Crippen LogP) is 1.83. The van der Waals surface area contributed by atoms with Crippen molar-refractivity contribution in [2.24, 2.45) is 0 Å². The molecule has 0 bridgehead atoms. The van der Waals surface area contributed by atoms with E-state index in [9.17, 15) is 9.59 Å². The molecule has 0 aliphatic carbocycles. The Kier molecular flexibility index (Phi) is 4.12. The summed E-state index contributed by atoms with van der Waals surface area (Å²) in [6, 6.07) is 5.52. The number of benzene rings is 1. The van der Waals surface area contributed by atoms with Gasteiger partial charge in [0.1, 0.15) is 5.54 Å². The van der Waals surface area contributed by atoms with Crippen LogP contribution in [0.4, 0.5) is 4.79 Å². The molecule has 3 amide bonds. The van der Waals surface area contributed by atoms with Crippen LogP contribution < -0.4 is 5.32 Å². The van der Waals surface area contributed by atoms with Crippen molar-refractivity contribution in [1.82, 2.24) is 10.2 Å². The van der Waals surface area contributed by atoms with Crippen molar-refractivity contribution in [1.29, 1.82) is 0 Å². The summed E-state index contributed by atoms with van der Waals surface area (Å²) in [5.74, 6) is -0.229. The SMILES string of the molecule is Cc1ccc([C@]2(C)NC(=O)N(CCC3OCCO3)C2=O)c(C)c1. The number of aryl methyl sites for hydroxylation is 2. The molecule has 1 atom stereocenters. The number of ether oxygens (including phenoxy) is 2. The Morgan fingerprint density at radius 1 is 1.26 bits per heavy atom. The van der Waals surface area contributed by atoms with Crippen molar-refractivity contribution in [2.45, 2.75) is 39.0 Å². The van der Waals surface area contributed by atoms with Gasteiger partial charge in [0, 0.05) is 13.0 Å². The lowest BCUT2D eigenvalue weighted by molar-refractivity contribution is -0.131. The lowest BCUT2D eigenvalue weighted by Crippen LogP contribution is -2.41. The molecule has 6 nitrogen and oxygen atoms in total. The van der Waals surface area contributed by atoms with Crippen molar-refractivity contribution in [3.8, 4) is 0 Å². The number of carbonyl (C=O) groups is 2. The quantitative estimate of drug-likeness (QED) is 0.860. The van der Waals surface area contributed by atoms with Gasteiger partial charge in [0.2, 0.25) is 0 Å². The smallest absolute Gasteiger partial charge is 0.325 e.